The Kier molecular flexibility index (Phi) is 5.64. The fourth-order valence-corrected chi connectivity index (χ4v) is 4.40. The highest BCUT2D eigenvalue weighted by molar-refractivity contribution is 7.98. The van der Waals surface area contributed by atoms with Crippen LogP contribution in [-0.4, -0.2) is 38.9 Å². The van der Waals surface area contributed by atoms with Gasteiger partial charge in [-0.15, -0.1) is 0 Å². The van der Waals surface area contributed by atoms with E-state index in [1.54, 1.807) is 16.7 Å². The molecule has 0 radical (unpaired) electrons. The highest BCUT2D eigenvalue weighted by Gasteiger charge is 2.25. The highest BCUT2D eigenvalue weighted by atomic mass is 35.5. The van der Waals surface area contributed by atoms with Crippen LogP contribution in [0.5, 0.6) is 0 Å². The molecule has 3 aromatic rings. The molecule has 1 amide bonds. The van der Waals surface area contributed by atoms with Crippen molar-refractivity contribution in [3.63, 3.8) is 0 Å². The van der Waals surface area contributed by atoms with Crippen molar-refractivity contribution >= 4 is 46.5 Å². The maximum atomic E-state index is 13.5. The van der Waals surface area contributed by atoms with Gasteiger partial charge in [-0.2, -0.15) is 0 Å². The lowest BCUT2D eigenvalue weighted by Gasteiger charge is -2.14. The summed E-state index contributed by atoms with van der Waals surface area (Å²) in [6.45, 7) is 1.26. The van der Waals surface area contributed by atoms with Crippen LogP contribution in [0.25, 0.3) is 5.52 Å². The van der Waals surface area contributed by atoms with Crippen LogP contribution in [0.3, 0.4) is 0 Å². The number of anilines is 2. The Morgan fingerprint density at radius 2 is 2.07 bits per heavy atom. The zero-order valence-electron chi connectivity index (χ0n) is 15.0. The van der Waals surface area contributed by atoms with E-state index in [-0.39, 0.29) is 22.5 Å². The van der Waals surface area contributed by atoms with Crippen molar-refractivity contribution in [3.05, 3.63) is 64.9 Å². The zero-order chi connectivity index (χ0) is 20.5. The number of carbonyl (C=O) groups is 1. The van der Waals surface area contributed by atoms with Gasteiger partial charge in [0, 0.05) is 43.2 Å². The predicted octanol–water partition coefficient (Wildman–Crippen LogP) is 4.16. The molecule has 3 N–H and O–H groups in total. The van der Waals surface area contributed by atoms with Gasteiger partial charge in [-0.3, -0.25) is 4.79 Å². The minimum absolute atomic E-state index is 0.116. The van der Waals surface area contributed by atoms with Crippen LogP contribution in [0.15, 0.2) is 42.6 Å². The van der Waals surface area contributed by atoms with Gasteiger partial charge in [0.05, 0.1) is 22.3 Å². The fourth-order valence-electron chi connectivity index (χ4n) is 3.15. The number of aliphatic hydroxyl groups excluding tert-OH is 1. The summed E-state index contributed by atoms with van der Waals surface area (Å²) in [5, 5.41) is 12.4. The number of aliphatic hydroxyl groups is 1. The van der Waals surface area contributed by atoms with E-state index in [1.165, 1.54) is 18.2 Å². The molecule has 10 heteroatoms. The molecule has 1 unspecified atom stereocenters. The van der Waals surface area contributed by atoms with Gasteiger partial charge in [0.15, 0.2) is 11.6 Å². The molecule has 1 aliphatic rings. The van der Waals surface area contributed by atoms with Gasteiger partial charge in [0.25, 0.3) is 5.91 Å². The van der Waals surface area contributed by atoms with E-state index in [0.29, 0.717) is 24.2 Å². The summed E-state index contributed by atoms with van der Waals surface area (Å²) >= 11 is 7.83. The topological polar surface area (TPSA) is 69.0 Å². The molecule has 152 valence electrons. The highest BCUT2D eigenvalue weighted by Crippen LogP contribution is 2.36. The summed E-state index contributed by atoms with van der Waals surface area (Å²) in [5.41, 5.74) is 1.51. The number of pyridine rings is 1. The first kappa shape index (κ1) is 20.0. The lowest BCUT2D eigenvalue weighted by molar-refractivity contribution is 0.102. The lowest BCUT2D eigenvalue weighted by atomic mass is 10.3. The molecule has 0 bridgehead atoms. The Hall–Kier alpha value is -2.33. The van der Waals surface area contributed by atoms with Gasteiger partial charge in [0.1, 0.15) is 5.69 Å². The number of nitrogens with one attached hydrogen (secondary N) is 2. The minimum Gasteiger partial charge on any atom is -0.392 e. The summed E-state index contributed by atoms with van der Waals surface area (Å²) in [5.74, 6) is -2.61. The summed E-state index contributed by atoms with van der Waals surface area (Å²) in [7, 11) is 0. The largest absolute Gasteiger partial charge is 0.392 e. The van der Waals surface area contributed by atoms with Crippen molar-refractivity contribution in [2.24, 2.45) is 0 Å². The maximum absolute atomic E-state index is 13.5. The third-order valence-corrected chi connectivity index (χ3v) is 5.83. The molecule has 1 aromatic carbocycles. The van der Waals surface area contributed by atoms with Crippen molar-refractivity contribution in [2.75, 3.05) is 23.1 Å². The SMILES string of the molecule is O=C(Nc1ccc(F)c(F)c1)c1c(Cl)c(NSN2CCC(O)C2)c2ccccn12. The second-order valence-electron chi connectivity index (χ2n) is 6.60. The van der Waals surface area contributed by atoms with Gasteiger partial charge >= 0.3 is 0 Å². The number of carbonyl (C=O) groups excluding carboxylic acids is 1. The molecular formula is C19H17ClF2N4O2S. The van der Waals surface area contributed by atoms with Gasteiger partial charge in [-0.25, -0.2) is 13.1 Å². The van der Waals surface area contributed by atoms with Crippen LogP contribution in [0.4, 0.5) is 20.2 Å². The fraction of sp³-hybridized carbons (Fsp3) is 0.211. The van der Waals surface area contributed by atoms with E-state index in [1.807, 2.05) is 16.4 Å². The van der Waals surface area contributed by atoms with Crippen molar-refractivity contribution in [3.8, 4) is 0 Å². The first-order valence-corrected chi connectivity index (χ1v) is 10.00. The molecule has 3 heterocycles. The molecule has 4 rings (SSSR count). The first-order valence-electron chi connectivity index (χ1n) is 8.85. The second-order valence-corrected chi connectivity index (χ2v) is 7.88. The van der Waals surface area contributed by atoms with Crippen LogP contribution in [0.1, 0.15) is 16.9 Å². The third-order valence-electron chi connectivity index (χ3n) is 4.58. The van der Waals surface area contributed by atoms with E-state index in [9.17, 15) is 18.7 Å². The Morgan fingerprint density at radius 3 is 2.79 bits per heavy atom. The standard InChI is InChI=1S/C19H17ClF2N4O2S/c20-16-17(24-29-25-8-6-12(27)10-25)15-3-1-2-7-26(15)18(16)19(28)23-11-4-5-13(21)14(22)9-11/h1-5,7,9,12,24,27H,6,8,10H2,(H,23,28). The number of aromatic nitrogens is 1. The third kappa shape index (κ3) is 4.04. The smallest absolute Gasteiger partial charge is 0.274 e. The van der Waals surface area contributed by atoms with Gasteiger partial charge < -0.3 is 19.5 Å². The molecule has 29 heavy (non-hydrogen) atoms. The van der Waals surface area contributed by atoms with Gasteiger partial charge in [-0.05, 0) is 30.7 Å². The number of fused-ring (bicyclic) bond motifs is 1. The van der Waals surface area contributed by atoms with E-state index >= 15 is 0 Å². The van der Waals surface area contributed by atoms with Crippen LogP contribution >= 0.6 is 23.7 Å². The van der Waals surface area contributed by atoms with E-state index in [2.05, 4.69) is 10.0 Å². The van der Waals surface area contributed by atoms with E-state index in [4.69, 9.17) is 11.6 Å². The van der Waals surface area contributed by atoms with Crippen molar-refractivity contribution in [2.45, 2.75) is 12.5 Å². The summed E-state index contributed by atoms with van der Waals surface area (Å²) in [4.78, 5) is 12.9. The lowest BCUT2D eigenvalue weighted by Crippen LogP contribution is -2.16. The molecule has 6 nitrogen and oxygen atoms in total. The minimum atomic E-state index is -1.06. The number of hydrogen-bond acceptors (Lipinski definition) is 5. The van der Waals surface area contributed by atoms with Crippen LogP contribution in [0, 0.1) is 11.6 Å². The first-order chi connectivity index (χ1) is 13.9. The number of nitrogens with zero attached hydrogens (tertiary/aromatic N) is 2. The predicted molar refractivity (Wildman–Crippen MR) is 110 cm³/mol. The number of halogens is 3. The molecule has 0 aliphatic carbocycles. The molecule has 2 aromatic heterocycles. The molecule has 1 aliphatic heterocycles. The van der Waals surface area contributed by atoms with Crippen LogP contribution in [0.2, 0.25) is 5.02 Å². The monoisotopic (exact) mass is 438 g/mol. The zero-order valence-corrected chi connectivity index (χ0v) is 16.6. The summed E-state index contributed by atoms with van der Waals surface area (Å²) in [6, 6.07) is 8.50. The van der Waals surface area contributed by atoms with Crippen molar-refractivity contribution < 1.29 is 18.7 Å². The average molecular weight is 439 g/mol. The molecule has 1 saturated heterocycles. The summed E-state index contributed by atoms with van der Waals surface area (Å²) < 4.78 is 33.3. The normalized spacial score (nSPS) is 17.0. The summed E-state index contributed by atoms with van der Waals surface area (Å²) in [6.07, 6.45) is 2.03. The molecule has 0 spiro atoms. The Morgan fingerprint density at radius 1 is 1.24 bits per heavy atom. The average Bonchev–Trinajstić information content (AvgIpc) is 3.23. The Labute approximate surface area is 174 Å². The second kappa shape index (κ2) is 8.19. The molecule has 1 fully saturated rings. The maximum Gasteiger partial charge on any atom is 0.274 e. The Bertz CT molecular complexity index is 1080. The Balaban J connectivity index is 1.62. The number of rotatable bonds is 5. The van der Waals surface area contributed by atoms with E-state index in [0.717, 1.165) is 18.7 Å². The van der Waals surface area contributed by atoms with Gasteiger partial charge in [0.2, 0.25) is 0 Å². The number of amides is 1. The van der Waals surface area contributed by atoms with Crippen molar-refractivity contribution in [1.29, 1.82) is 0 Å². The molecule has 1 atom stereocenters. The number of benzene rings is 1. The number of hydrogen-bond donors (Lipinski definition) is 3. The molecule has 0 saturated carbocycles. The van der Waals surface area contributed by atoms with Crippen molar-refractivity contribution in [1.82, 2.24) is 8.71 Å². The van der Waals surface area contributed by atoms with Crippen LogP contribution in [-0.2, 0) is 0 Å². The van der Waals surface area contributed by atoms with E-state index < -0.39 is 17.5 Å². The molecular weight excluding hydrogens is 422 g/mol. The van der Waals surface area contributed by atoms with Crippen LogP contribution < -0.4 is 10.0 Å². The van der Waals surface area contributed by atoms with Gasteiger partial charge in [-0.1, -0.05) is 17.7 Å². The quantitative estimate of drug-likeness (QED) is 0.522. The number of β-amino-alcohol motifs (C(OH)–C–C–N with tert-alkyl or cyclic N) is 1.